The average Bonchev–Trinajstić information content (AvgIpc) is 2.66. The van der Waals surface area contributed by atoms with E-state index < -0.39 is 5.25 Å². The predicted octanol–water partition coefficient (Wildman–Crippen LogP) is 4.46. The van der Waals surface area contributed by atoms with Gasteiger partial charge in [-0.3, -0.25) is 14.2 Å². The first-order chi connectivity index (χ1) is 13.0. The first kappa shape index (κ1) is 19.4. The summed E-state index contributed by atoms with van der Waals surface area (Å²) >= 11 is 4.62. The molecule has 3 rings (SSSR count). The van der Waals surface area contributed by atoms with E-state index in [1.165, 1.54) is 11.8 Å². The molecule has 1 atom stereocenters. The van der Waals surface area contributed by atoms with Crippen LogP contribution in [-0.2, 0) is 11.3 Å². The normalized spacial score (nSPS) is 11.9. The van der Waals surface area contributed by atoms with E-state index in [4.69, 9.17) is 0 Å². The number of allylic oxidation sites excluding steroid dienone is 1. The Morgan fingerprint density at radius 3 is 2.70 bits per heavy atom. The Labute approximate surface area is 169 Å². The Morgan fingerprint density at radius 1 is 1.30 bits per heavy atom. The molecule has 27 heavy (non-hydrogen) atoms. The van der Waals surface area contributed by atoms with Crippen LogP contribution >= 0.6 is 27.7 Å². The maximum Gasteiger partial charge on any atom is 0.262 e. The summed E-state index contributed by atoms with van der Waals surface area (Å²) in [6, 6.07) is 14.6. The standard InChI is InChI=1S/C20H18BrN3O2S/c1-3-12-24-19(26)16-6-4-5-7-17(16)23-20(24)27-13(2)18(25)22-15-10-8-14(21)9-11-15/h3-11,13H,1,12H2,2H3,(H,22,25)/t13-/m1/s1. The third-order valence-corrected chi connectivity index (χ3v) is 5.52. The first-order valence-corrected chi connectivity index (χ1v) is 10.0. The van der Waals surface area contributed by atoms with Gasteiger partial charge >= 0.3 is 0 Å². The molecule has 1 amide bonds. The monoisotopic (exact) mass is 443 g/mol. The molecule has 0 aliphatic carbocycles. The van der Waals surface area contributed by atoms with E-state index in [1.807, 2.05) is 36.4 Å². The van der Waals surface area contributed by atoms with Crippen molar-refractivity contribution in [3.05, 3.63) is 76.0 Å². The number of aromatic nitrogens is 2. The summed E-state index contributed by atoms with van der Waals surface area (Å²) in [5, 5.41) is 3.49. The van der Waals surface area contributed by atoms with Gasteiger partial charge in [-0.2, -0.15) is 0 Å². The largest absolute Gasteiger partial charge is 0.325 e. The summed E-state index contributed by atoms with van der Waals surface area (Å²) in [4.78, 5) is 29.9. The van der Waals surface area contributed by atoms with Gasteiger partial charge in [-0.15, -0.1) is 6.58 Å². The van der Waals surface area contributed by atoms with Crippen LogP contribution in [0.2, 0.25) is 0 Å². The molecule has 0 aliphatic heterocycles. The number of nitrogens with one attached hydrogen (secondary N) is 1. The topological polar surface area (TPSA) is 64.0 Å². The molecule has 7 heteroatoms. The Bertz CT molecular complexity index is 1050. The second kappa shape index (κ2) is 8.54. The molecule has 1 N–H and O–H groups in total. The van der Waals surface area contributed by atoms with E-state index in [2.05, 4.69) is 32.8 Å². The number of carbonyl (C=O) groups excluding carboxylic acids is 1. The van der Waals surface area contributed by atoms with Crippen molar-refractivity contribution >= 4 is 50.2 Å². The van der Waals surface area contributed by atoms with Crippen LogP contribution < -0.4 is 10.9 Å². The number of benzene rings is 2. The van der Waals surface area contributed by atoms with Crippen molar-refractivity contribution in [2.75, 3.05) is 5.32 Å². The molecule has 2 aromatic carbocycles. The van der Waals surface area contributed by atoms with Gasteiger partial charge in [0.2, 0.25) is 5.91 Å². The Kier molecular flexibility index (Phi) is 6.13. The SMILES string of the molecule is C=CCn1c(S[C@H](C)C(=O)Nc2ccc(Br)cc2)nc2ccccc2c1=O. The van der Waals surface area contributed by atoms with Crippen LogP contribution in [0.4, 0.5) is 5.69 Å². The number of rotatable bonds is 6. The van der Waals surface area contributed by atoms with E-state index in [1.54, 1.807) is 29.7 Å². The summed E-state index contributed by atoms with van der Waals surface area (Å²) in [5.74, 6) is -0.158. The number of para-hydroxylation sites is 1. The van der Waals surface area contributed by atoms with Gasteiger partial charge in [-0.25, -0.2) is 4.98 Å². The number of halogens is 1. The summed E-state index contributed by atoms with van der Waals surface area (Å²) in [6.07, 6.45) is 1.65. The highest BCUT2D eigenvalue weighted by atomic mass is 79.9. The van der Waals surface area contributed by atoms with Crippen LogP contribution in [0.5, 0.6) is 0 Å². The number of hydrogen-bond acceptors (Lipinski definition) is 4. The summed E-state index contributed by atoms with van der Waals surface area (Å²) < 4.78 is 2.49. The van der Waals surface area contributed by atoms with Gasteiger partial charge in [-0.05, 0) is 43.3 Å². The number of thioether (sulfide) groups is 1. The Balaban J connectivity index is 1.87. The zero-order chi connectivity index (χ0) is 19.4. The fourth-order valence-electron chi connectivity index (χ4n) is 2.52. The summed E-state index contributed by atoms with van der Waals surface area (Å²) in [5.41, 5.74) is 1.19. The number of anilines is 1. The third-order valence-electron chi connectivity index (χ3n) is 3.90. The number of nitrogens with zero attached hydrogens (tertiary/aromatic N) is 2. The van der Waals surface area contributed by atoms with E-state index in [0.29, 0.717) is 28.3 Å². The van der Waals surface area contributed by atoms with Gasteiger partial charge in [-0.1, -0.05) is 45.9 Å². The number of amides is 1. The molecule has 3 aromatic rings. The zero-order valence-electron chi connectivity index (χ0n) is 14.7. The molecule has 5 nitrogen and oxygen atoms in total. The van der Waals surface area contributed by atoms with Gasteiger partial charge < -0.3 is 5.32 Å². The number of hydrogen-bond donors (Lipinski definition) is 1. The predicted molar refractivity (Wildman–Crippen MR) is 114 cm³/mol. The minimum absolute atomic E-state index is 0.136. The highest BCUT2D eigenvalue weighted by Crippen LogP contribution is 2.24. The molecule has 0 spiro atoms. The first-order valence-electron chi connectivity index (χ1n) is 8.33. The Morgan fingerprint density at radius 2 is 2.00 bits per heavy atom. The van der Waals surface area contributed by atoms with Crippen LogP contribution in [-0.4, -0.2) is 20.7 Å². The zero-order valence-corrected chi connectivity index (χ0v) is 17.1. The average molecular weight is 444 g/mol. The van der Waals surface area contributed by atoms with E-state index in [9.17, 15) is 9.59 Å². The molecule has 0 fully saturated rings. The maximum atomic E-state index is 12.8. The highest BCUT2D eigenvalue weighted by Gasteiger charge is 2.19. The molecule has 0 saturated heterocycles. The lowest BCUT2D eigenvalue weighted by Crippen LogP contribution is -2.26. The van der Waals surface area contributed by atoms with Crippen molar-refractivity contribution in [3.8, 4) is 0 Å². The molecule has 0 bridgehead atoms. The minimum Gasteiger partial charge on any atom is -0.325 e. The third kappa shape index (κ3) is 4.48. The molecule has 1 heterocycles. The lowest BCUT2D eigenvalue weighted by atomic mass is 10.2. The highest BCUT2D eigenvalue weighted by molar-refractivity contribution is 9.10. The van der Waals surface area contributed by atoms with Gasteiger partial charge in [0.05, 0.1) is 16.2 Å². The minimum atomic E-state index is -0.433. The van der Waals surface area contributed by atoms with Crippen molar-refractivity contribution in [1.29, 1.82) is 0 Å². The van der Waals surface area contributed by atoms with Gasteiger partial charge in [0, 0.05) is 16.7 Å². The molecule has 138 valence electrons. The van der Waals surface area contributed by atoms with Gasteiger partial charge in [0.15, 0.2) is 5.16 Å². The summed E-state index contributed by atoms with van der Waals surface area (Å²) in [6.45, 7) is 5.84. The fourth-order valence-corrected chi connectivity index (χ4v) is 3.70. The van der Waals surface area contributed by atoms with E-state index >= 15 is 0 Å². The number of fused-ring (bicyclic) bond motifs is 1. The van der Waals surface area contributed by atoms with Gasteiger partial charge in [0.25, 0.3) is 5.56 Å². The van der Waals surface area contributed by atoms with Crippen molar-refractivity contribution in [2.24, 2.45) is 0 Å². The second-order valence-electron chi connectivity index (χ2n) is 5.87. The van der Waals surface area contributed by atoms with Crippen LogP contribution in [0.3, 0.4) is 0 Å². The van der Waals surface area contributed by atoms with Crippen molar-refractivity contribution in [3.63, 3.8) is 0 Å². The van der Waals surface area contributed by atoms with Crippen LogP contribution in [0, 0.1) is 0 Å². The van der Waals surface area contributed by atoms with Crippen LogP contribution in [0.15, 0.2) is 75.6 Å². The quantitative estimate of drug-likeness (QED) is 0.346. The maximum absolute atomic E-state index is 12.8. The van der Waals surface area contributed by atoms with Crippen LogP contribution in [0.25, 0.3) is 10.9 Å². The van der Waals surface area contributed by atoms with E-state index in [0.717, 1.165) is 4.47 Å². The fraction of sp³-hybridized carbons (Fsp3) is 0.150. The molecule has 0 aliphatic rings. The van der Waals surface area contributed by atoms with E-state index in [-0.39, 0.29) is 11.5 Å². The van der Waals surface area contributed by atoms with Crippen molar-refractivity contribution in [2.45, 2.75) is 23.9 Å². The molecule has 0 saturated carbocycles. The van der Waals surface area contributed by atoms with Crippen molar-refractivity contribution in [1.82, 2.24) is 9.55 Å². The molecule has 0 unspecified atom stereocenters. The Hall–Kier alpha value is -2.38. The lowest BCUT2D eigenvalue weighted by Gasteiger charge is -2.15. The lowest BCUT2D eigenvalue weighted by molar-refractivity contribution is -0.115. The smallest absolute Gasteiger partial charge is 0.262 e. The van der Waals surface area contributed by atoms with Crippen LogP contribution in [0.1, 0.15) is 6.92 Å². The summed E-state index contributed by atoms with van der Waals surface area (Å²) in [7, 11) is 0. The molecular weight excluding hydrogens is 426 g/mol. The molecular formula is C20H18BrN3O2S. The molecule has 1 aromatic heterocycles. The van der Waals surface area contributed by atoms with Crippen molar-refractivity contribution < 1.29 is 4.79 Å². The molecule has 0 radical (unpaired) electrons. The van der Waals surface area contributed by atoms with Gasteiger partial charge in [0.1, 0.15) is 0 Å². The second-order valence-corrected chi connectivity index (χ2v) is 8.10. The number of carbonyl (C=O) groups is 1.